The molecule has 0 aromatic heterocycles. The van der Waals surface area contributed by atoms with Crippen molar-refractivity contribution in [3.8, 4) is 5.75 Å². The molecule has 4 N–H and O–H groups in total. The number of carbonyl (C=O) groups is 1. The van der Waals surface area contributed by atoms with Crippen LogP contribution in [0.4, 0.5) is 0 Å². The van der Waals surface area contributed by atoms with Crippen LogP contribution in [0.3, 0.4) is 0 Å². The number of carbonyl (C=O) groups excluding carboxylic acids is 1. The smallest absolute Gasteiger partial charge is 0.239 e. The molecule has 2 rings (SSSR count). The van der Waals surface area contributed by atoms with Crippen molar-refractivity contribution in [2.75, 3.05) is 13.1 Å². The lowest BCUT2D eigenvalue weighted by Crippen LogP contribution is -2.50. The maximum absolute atomic E-state index is 12.2. The minimum absolute atomic E-state index is 0.119. The van der Waals surface area contributed by atoms with Crippen molar-refractivity contribution < 1.29 is 15.0 Å². The molecule has 1 aromatic rings. The molecule has 1 amide bonds. The van der Waals surface area contributed by atoms with E-state index in [-0.39, 0.29) is 11.7 Å². The molecule has 1 fully saturated rings. The lowest BCUT2D eigenvalue weighted by molar-refractivity contribution is -0.135. The first-order valence-corrected chi connectivity index (χ1v) is 6.56. The number of phenols is 1. The number of rotatable bonds is 3. The summed E-state index contributed by atoms with van der Waals surface area (Å²) in [4.78, 5) is 13.8. The van der Waals surface area contributed by atoms with E-state index in [1.165, 1.54) is 0 Å². The lowest BCUT2D eigenvalue weighted by Gasteiger charge is -2.32. The van der Waals surface area contributed by atoms with Gasteiger partial charge < -0.3 is 20.8 Å². The summed E-state index contributed by atoms with van der Waals surface area (Å²) in [5, 5.41) is 18.8. The topological polar surface area (TPSA) is 86.8 Å². The highest BCUT2D eigenvalue weighted by molar-refractivity contribution is 5.82. The summed E-state index contributed by atoms with van der Waals surface area (Å²) in [6.07, 6.45) is 1.57. The van der Waals surface area contributed by atoms with Gasteiger partial charge in [0.05, 0.1) is 12.1 Å². The Hall–Kier alpha value is -1.59. The number of likely N-dealkylation sites (tertiary alicyclic amines) is 1. The van der Waals surface area contributed by atoms with Gasteiger partial charge in [0.25, 0.3) is 0 Å². The number of hydrogen-bond acceptors (Lipinski definition) is 4. The molecule has 19 heavy (non-hydrogen) atoms. The van der Waals surface area contributed by atoms with E-state index in [4.69, 9.17) is 5.73 Å². The monoisotopic (exact) mass is 264 g/mol. The van der Waals surface area contributed by atoms with E-state index in [2.05, 4.69) is 0 Å². The summed E-state index contributed by atoms with van der Waals surface area (Å²) in [7, 11) is 0. The molecule has 5 nitrogen and oxygen atoms in total. The fraction of sp³-hybridized carbons (Fsp3) is 0.500. The molecule has 0 bridgehead atoms. The average molecular weight is 264 g/mol. The van der Waals surface area contributed by atoms with Gasteiger partial charge in [-0.1, -0.05) is 12.1 Å². The highest BCUT2D eigenvalue weighted by atomic mass is 16.3. The molecule has 1 unspecified atom stereocenters. The fourth-order valence-corrected chi connectivity index (χ4v) is 2.36. The van der Waals surface area contributed by atoms with Crippen molar-refractivity contribution in [3.63, 3.8) is 0 Å². The highest BCUT2D eigenvalue weighted by Gasteiger charge is 2.26. The third-order valence-electron chi connectivity index (χ3n) is 3.42. The standard InChI is InChI=1S/C14H20N2O3/c15-13(8-10-3-5-11(17)6-4-10)14(19)16-7-1-2-12(18)9-16/h3-6,12-13,17-18H,1-2,7-9,15H2/t12-,13?/m0/s1. The van der Waals surface area contributed by atoms with Crippen molar-refractivity contribution in [1.82, 2.24) is 4.90 Å². The van der Waals surface area contributed by atoms with Crippen molar-refractivity contribution in [3.05, 3.63) is 29.8 Å². The number of nitrogens with two attached hydrogens (primary N) is 1. The largest absolute Gasteiger partial charge is 0.508 e. The van der Waals surface area contributed by atoms with Gasteiger partial charge in [-0.3, -0.25) is 4.79 Å². The molecule has 1 heterocycles. The van der Waals surface area contributed by atoms with Crippen molar-refractivity contribution >= 4 is 5.91 Å². The molecule has 0 radical (unpaired) electrons. The van der Waals surface area contributed by atoms with Gasteiger partial charge >= 0.3 is 0 Å². The molecule has 1 aliphatic heterocycles. The number of aliphatic hydroxyl groups excluding tert-OH is 1. The molecule has 1 saturated heterocycles. The van der Waals surface area contributed by atoms with Crippen LogP contribution in [0.5, 0.6) is 5.75 Å². The van der Waals surface area contributed by atoms with E-state index in [1.54, 1.807) is 29.2 Å². The lowest BCUT2D eigenvalue weighted by atomic mass is 10.0. The molecule has 0 spiro atoms. The van der Waals surface area contributed by atoms with Gasteiger partial charge in [-0.2, -0.15) is 0 Å². The molecule has 1 aromatic carbocycles. The van der Waals surface area contributed by atoms with Crippen LogP contribution in [0.1, 0.15) is 18.4 Å². The Balaban J connectivity index is 1.93. The summed E-state index contributed by atoms with van der Waals surface area (Å²) in [6, 6.07) is 6.07. The summed E-state index contributed by atoms with van der Waals surface area (Å²) in [5.41, 5.74) is 6.84. The van der Waals surface area contributed by atoms with E-state index in [0.717, 1.165) is 18.4 Å². The summed E-state index contributed by atoms with van der Waals surface area (Å²) >= 11 is 0. The van der Waals surface area contributed by atoms with Gasteiger partial charge in [-0.25, -0.2) is 0 Å². The second-order valence-corrected chi connectivity index (χ2v) is 5.06. The third kappa shape index (κ3) is 3.68. The Kier molecular flexibility index (Phi) is 4.39. The molecule has 1 aliphatic rings. The van der Waals surface area contributed by atoms with E-state index in [9.17, 15) is 15.0 Å². The number of benzene rings is 1. The number of phenolic OH excluding ortho intramolecular Hbond substituents is 1. The summed E-state index contributed by atoms with van der Waals surface area (Å²) in [5.74, 6) is 0.0784. The maximum Gasteiger partial charge on any atom is 0.239 e. The van der Waals surface area contributed by atoms with Crippen molar-refractivity contribution in [1.29, 1.82) is 0 Å². The predicted molar refractivity (Wildman–Crippen MR) is 71.6 cm³/mol. The first kappa shape index (κ1) is 13.8. The predicted octanol–water partition coefficient (Wildman–Crippen LogP) is 0.245. The van der Waals surface area contributed by atoms with Crippen LogP contribution >= 0.6 is 0 Å². The number of piperidine rings is 1. The van der Waals surface area contributed by atoms with E-state index in [0.29, 0.717) is 19.5 Å². The van der Waals surface area contributed by atoms with Gasteiger partial charge in [0.2, 0.25) is 5.91 Å². The SMILES string of the molecule is NC(Cc1ccc(O)cc1)C(=O)N1CCC[C@H](O)C1. The van der Waals surface area contributed by atoms with E-state index >= 15 is 0 Å². The normalized spacial score (nSPS) is 21.2. The van der Waals surface area contributed by atoms with Crippen LogP contribution in [0.2, 0.25) is 0 Å². The molecule has 104 valence electrons. The first-order chi connectivity index (χ1) is 9.06. The molecule has 2 atom stereocenters. The number of β-amino-alcohol motifs (C(OH)–C–C–N with tert-alkyl or cyclic N) is 1. The Morgan fingerprint density at radius 3 is 2.74 bits per heavy atom. The summed E-state index contributed by atoms with van der Waals surface area (Å²) < 4.78 is 0. The number of aliphatic hydroxyl groups is 1. The Morgan fingerprint density at radius 2 is 2.11 bits per heavy atom. The Bertz CT molecular complexity index is 433. The molecular weight excluding hydrogens is 244 g/mol. The average Bonchev–Trinajstić information content (AvgIpc) is 2.40. The zero-order valence-electron chi connectivity index (χ0n) is 10.8. The van der Waals surface area contributed by atoms with Crippen LogP contribution in [-0.4, -0.2) is 46.3 Å². The molecule has 5 heteroatoms. The van der Waals surface area contributed by atoms with Crippen molar-refractivity contribution in [2.24, 2.45) is 5.73 Å². The van der Waals surface area contributed by atoms with Gasteiger partial charge in [0, 0.05) is 13.1 Å². The quantitative estimate of drug-likeness (QED) is 0.730. The highest BCUT2D eigenvalue weighted by Crippen LogP contribution is 2.14. The first-order valence-electron chi connectivity index (χ1n) is 6.56. The van der Waals surface area contributed by atoms with Crippen molar-refractivity contribution in [2.45, 2.75) is 31.4 Å². The molecular formula is C14H20N2O3. The minimum atomic E-state index is -0.602. The minimum Gasteiger partial charge on any atom is -0.508 e. The number of hydrogen-bond donors (Lipinski definition) is 3. The van der Waals surface area contributed by atoms with Crippen LogP contribution < -0.4 is 5.73 Å². The zero-order valence-corrected chi connectivity index (χ0v) is 10.8. The Labute approximate surface area is 112 Å². The van der Waals surface area contributed by atoms with Crippen LogP contribution in [0.25, 0.3) is 0 Å². The van der Waals surface area contributed by atoms with Gasteiger partial charge in [-0.15, -0.1) is 0 Å². The third-order valence-corrected chi connectivity index (χ3v) is 3.42. The van der Waals surface area contributed by atoms with Crippen LogP contribution in [-0.2, 0) is 11.2 Å². The second-order valence-electron chi connectivity index (χ2n) is 5.06. The van der Waals surface area contributed by atoms with Gasteiger partial charge in [0.15, 0.2) is 0 Å². The fourth-order valence-electron chi connectivity index (χ4n) is 2.36. The molecule has 0 aliphatic carbocycles. The van der Waals surface area contributed by atoms with Crippen LogP contribution in [0, 0.1) is 0 Å². The number of aromatic hydroxyl groups is 1. The maximum atomic E-state index is 12.2. The number of amides is 1. The summed E-state index contributed by atoms with van der Waals surface area (Å²) in [6.45, 7) is 1.04. The Morgan fingerprint density at radius 1 is 1.42 bits per heavy atom. The van der Waals surface area contributed by atoms with E-state index in [1.807, 2.05) is 0 Å². The second kappa shape index (κ2) is 6.04. The van der Waals surface area contributed by atoms with Gasteiger partial charge in [-0.05, 0) is 37.0 Å². The zero-order chi connectivity index (χ0) is 13.8. The number of nitrogens with zero attached hydrogens (tertiary/aromatic N) is 1. The van der Waals surface area contributed by atoms with Gasteiger partial charge in [0.1, 0.15) is 5.75 Å². The van der Waals surface area contributed by atoms with E-state index < -0.39 is 12.1 Å². The van der Waals surface area contributed by atoms with Crippen LogP contribution in [0.15, 0.2) is 24.3 Å². The molecule has 0 saturated carbocycles.